The first kappa shape index (κ1) is 21.9. The van der Waals surface area contributed by atoms with E-state index < -0.39 is 11.7 Å². The van der Waals surface area contributed by atoms with Crippen molar-refractivity contribution < 1.29 is 9.18 Å². The number of hydrogen-bond acceptors (Lipinski definition) is 5. The number of H-pyrrole nitrogens is 1. The third-order valence-corrected chi connectivity index (χ3v) is 5.25. The maximum absolute atomic E-state index is 13.4. The van der Waals surface area contributed by atoms with E-state index in [9.17, 15) is 14.0 Å². The molecule has 166 valence electrons. The van der Waals surface area contributed by atoms with Crippen LogP contribution >= 0.6 is 0 Å². The molecule has 2 aromatic carbocycles. The van der Waals surface area contributed by atoms with Gasteiger partial charge in [-0.15, -0.1) is 0 Å². The summed E-state index contributed by atoms with van der Waals surface area (Å²) in [7, 11) is 0. The minimum Gasteiger partial charge on any atom is -0.329 e. The second-order valence-electron chi connectivity index (χ2n) is 7.46. The minimum atomic E-state index is -1.01. The van der Waals surface area contributed by atoms with Crippen molar-refractivity contribution in [1.29, 1.82) is 0 Å². The predicted octanol–water partition coefficient (Wildman–Crippen LogP) is 4.87. The predicted molar refractivity (Wildman–Crippen MR) is 128 cm³/mol. The van der Waals surface area contributed by atoms with Gasteiger partial charge in [0.05, 0.1) is 5.52 Å². The van der Waals surface area contributed by atoms with Crippen LogP contribution in [-0.4, -0.2) is 27.4 Å². The molecular weight excluding hydrogens is 421 g/mol. The number of nitrogens with one attached hydrogen (secondary N) is 2. The van der Waals surface area contributed by atoms with Crippen molar-refractivity contribution in [3.05, 3.63) is 89.2 Å². The zero-order valence-electron chi connectivity index (χ0n) is 18.2. The average Bonchev–Trinajstić information content (AvgIpc) is 2.79. The van der Waals surface area contributed by atoms with Crippen molar-refractivity contribution in [3.63, 3.8) is 0 Å². The molecular formula is C25H22FN5O2. The third kappa shape index (κ3) is 4.50. The molecule has 33 heavy (non-hydrogen) atoms. The highest BCUT2D eigenvalue weighted by Crippen LogP contribution is 2.26. The number of amides is 1. The summed E-state index contributed by atoms with van der Waals surface area (Å²) in [5.41, 5.74) is 4.02. The molecule has 8 heteroatoms. The Morgan fingerprint density at radius 2 is 2.03 bits per heavy atom. The van der Waals surface area contributed by atoms with Crippen LogP contribution in [0, 0.1) is 6.92 Å². The Morgan fingerprint density at radius 3 is 2.76 bits per heavy atom. The fourth-order valence-electron chi connectivity index (χ4n) is 3.66. The fraction of sp³-hybridized carbons (Fsp3) is 0.120. The van der Waals surface area contributed by atoms with Crippen molar-refractivity contribution in [3.8, 4) is 11.1 Å². The van der Waals surface area contributed by atoms with Crippen molar-refractivity contribution in [2.75, 3.05) is 16.8 Å². The lowest BCUT2D eigenvalue weighted by molar-refractivity contribution is -0.116. The number of aromatic amines is 1. The molecule has 0 aliphatic carbocycles. The van der Waals surface area contributed by atoms with Crippen molar-refractivity contribution in [2.24, 2.45) is 0 Å². The number of likely N-dealkylation sites (N-methyl/N-ethyl adjacent to an activating group) is 1. The fourth-order valence-corrected chi connectivity index (χ4v) is 3.66. The van der Waals surface area contributed by atoms with Gasteiger partial charge in [-0.3, -0.25) is 9.59 Å². The van der Waals surface area contributed by atoms with Gasteiger partial charge in [0.2, 0.25) is 5.95 Å². The first-order valence-electron chi connectivity index (χ1n) is 10.4. The molecule has 0 saturated carbocycles. The van der Waals surface area contributed by atoms with Crippen molar-refractivity contribution in [1.82, 2.24) is 15.0 Å². The molecule has 0 bridgehead atoms. The molecule has 0 atom stereocenters. The van der Waals surface area contributed by atoms with Gasteiger partial charge in [0.15, 0.2) is 5.83 Å². The van der Waals surface area contributed by atoms with Gasteiger partial charge in [-0.2, -0.15) is 0 Å². The van der Waals surface area contributed by atoms with Gasteiger partial charge >= 0.3 is 0 Å². The molecule has 0 aliphatic rings. The first-order chi connectivity index (χ1) is 15.9. The number of halogens is 1. The van der Waals surface area contributed by atoms with Gasteiger partial charge in [-0.25, -0.2) is 14.4 Å². The molecule has 2 aromatic heterocycles. The summed E-state index contributed by atoms with van der Waals surface area (Å²) in [5.74, 6) is -1.43. The van der Waals surface area contributed by atoms with Crippen LogP contribution in [0.15, 0.2) is 78.1 Å². The normalized spacial score (nSPS) is 10.8. The number of carbonyl (C=O) groups is 1. The highest BCUT2D eigenvalue weighted by atomic mass is 19.1. The lowest BCUT2D eigenvalue weighted by atomic mass is 10.0. The molecule has 2 N–H and O–H groups in total. The number of rotatable bonds is 6. The van der Waals surface area contributed by atoms with E-state index in [1.165, 1.54) is 4.90 Å². The Bertz CT molecular complexity index is 1430. The van der Waals surface area contributed by atoms with E-state index in [1.54, 1.807) is 43.6 Å². The van der Waals surface area contributed by atoms with E-state index in [2.05, 4.69) is 26.8 Å². The largest absolute Gasteiger partial charge is 0.329 e. The Hall–Kier alpha value is -4.33. The number of carbonyl (C=O) groups excluding carboxylic acids is 1. The lowest BCUT2D eigenvalue weighted by Gasteiger charge is -2.20. The Balaban J connectivity index is 1.62. The third-order valence-electron chi connectivity index (χ3n) is 5.25. The molecule has 2 heterocycles. The number of nitrogens with zero attached hydrogens (tertiary/aromatic N) is 3. The quantitative estimate of drug-likeness (QED) is 0.415. The highest BCUT2D eigenvalue weighted by Gasteiger charge is 2.17. The minimum absolute atomic E-state index is 0.149. The highest BCUT2D eigenvalue weighted by molar-refractivity contribution is 6.03. The second kappa shape index (κ2) is 9.04. The van der Waals surface area contributed by atoms with Crippen LogP contribution < -0.4 is 15.8 Å². The summed E-state index contributed by atoms with van der Waals surface area (Å²) in [6, 6.07) is 14.4. The zero-order valence-corrected chi connectivity index (χ0v) is 18.2. The zero-order chi connectivity index (χ0) is 23.5. The number of aryl methyl sites for hydroxylation is 1. The number of aromatic nitrogens is 3. The summed E-state index contributed by atoms with van der Waals surface area (Å²) in [4.78, 5) is 37.2. The Morgan fingerprint density at radius 1 is 1.21 bits per heavy atom. The Kier molecular flexibility index (Phi) is 5.99. The van der Waals surface area contributed by atoms with Gasteiger partial charge in [0.25, 0.3) is 11.5 Å². The van der Waals surface area contributed by atoms with E-state index in [0.29, 0.717) is 34.9 Å². The maximum atomic E-state index is 13.4. The van der Waals surface area contributed by atoms with Crippen LogP contribution in [-0.2, 0) is 4.79 Å². The molecule has 4 rings (SSSR count). The van der Waals surface area contributed by atoms with Gasteiger partial charge < -0.3 is 15.2 Å². The average molecular weight is 443 g/mol. The molecule has 0 radical (unpaired) electrons. The van der Waals surface area contributed by atoms with Crippen molar-refractivity contribution in [2.45, 2.75) is 13.8 Å². The Labute approximate surface area is 189 Å². The summed E-state index contributed by atoms with van der Waals surface area (Å²) < 4.78 is 13.4. The van der Waals surface area contributed by atoms with E-state index in [1.807, 2.05) is 31.2 Å². The first-order valence-corrected chi connectivity index (χ1v) is 10.4. The smallest absolute Gasteiger partial charge is 0.286 e. The van der Waals surface area contributed by atoms with Gasteiger partial charge in [0.1, 0.15) is 0 Å². The van der Waals surface area contributed by atoms with Gasteiger partial charge in [-0.05, 0) is 61.4 Å². The number of hydrogen-bond donors (Lipinski definition) is 2. The van der Waals surface area contributed by atoms with Crippen LogP contribution in [0.5, 0.6) is 0 Å². The summed E-state index contributed by atoms with van der Waals surface area (Å²) in [6.45, 7) is 7.03. The monoisotopic (exact) mass is 443 g/mol. The second-order valence-corrected chi connectivity index (χ2v) is 7.46. The number of fused-ring (bicyclic) bond motifs is 1. The van der Waals surface area contributed by atoms with E-state index in [0.717, 1.165) is 16.5 Å². The molecule has 7 nitrogen and oxygen atoms in total. The van der Waals surface area contributed by atoms with Crippen LogP contribution in [0.3, 0.4) is 0 Å². The molecule has 1 amide bonds. The summed E-state index contributed by atoms with van der Waals surface area (Å²) in [6.07, 6.45) is 3.31. The SMILES string of the molecule is C=C(F)C(=O)N(CC)c1cccc(Nc2ncc3cc(-c4c(C)cc[nH]c4=O)ccc3n2)c1. The summed E-state index contributed by atoms with van der Waals surface area (Å²) >= 11 is 0. The molecule has 0 fully saturated rings. The van der Waals surface area contributed by atoms with Crippen LogP contribution in [0.1, 0.15) is 12.5 Å². The number of anilines is 3. The van der Waals surface area contributed by atoms with Crippen LogP contribution in [0.25, 0.3) is 22.0 Å². The van der Waals surface area contributed by atoms with Crippen molar-refractivity contribution >= 4 is 34.1 Å². The lowest BCUT2D eigenvalue weighted by Crippen LogP contribution is -2.30. The van der Waals surface area contributed by atoms with Crippen LogP contribution in [0.4, 0.5) is 21.7 Å². The molecule has 0 aliphatic heterocycles. The molecule has 4 aromatic rings. The van der Waals surface area contributed by atoms with Gasteiger partial charge in [-0.1, -0.05) is 18.7 Å². The van der Waals surface area contributed by atoms with Crippen LogP contribution in [0.2, 0.25) is 0 Å². The number of benzene rings is 2. The maximum Gasteiger partial charge on any atom is 0.286 e. The van der Waals surface area contributed by atoms with E-state index >= 15 is 0 Å². The molecule has 0 unspecified atom stereocenters. The number of pyridine rings is 1. The van der Waals surface area contributed by atoms with Gasteiger partial charge in [0, 0.05) is 41.3 Å². The standard InChI is InChI=1S/C25H22FN5O2/c1-4-31(24(33)16(3)26)20-7-5-6-19(13-20)29-25-28-14-18-12-17(8-9-21(18)30-25)22-15(2)10-11-27-23(22)32/h5-14H,3-4H2,1-2H3,(H,27,32)(H,28,29,30). The molecule has 0 spiro atoms. The van der Waals surface area contributed by atoms with E-state index in [-0.39, 0.29) is 5.56 Å². The van der Waals surface area contributed by atoms with E-state index in [4.69, 9.17) is 0 Å². The topological polar surface area (TPSA) is 91.0 Å². The summed E-state index contributed by atoms with van der Waals surface area (Å²) in [5, 5.41) is 3.91. The molecule has 0 saturated heterocycles.